The largest absolute Gasteiger partial charge is 0.486 e. The molecule has 1 aromatic carbocycles. The molecule has 2 aliphatic heterocycles. The number of carbonyl (C=O) groups is 2. The zero-order valence-electron chi connectivity index (χ0n) is 13.5. The van der Waals surface area contributed by atoms with Crippen molar-refractivity contribution < 1.29 is 28.9 Å². The molecule has 24 heavy (non-hydrogen) atoms. The summed E-state index contributed by atoms with van der Waals surface area (Å²) in [6, 6.07) is 7.41. The Kier molecular flexibility index (Phi) is 4.89. The number of fused-ring (bicyclic) bond motifs is 1. The van der Waals surface area contributed by atoms with E-state index in [2.05, 4.69) is 0 Å². The van der Waals surface area contributed by atoms with Gasteiger partial charge in [0.05, 0.1) is 6.54 Å². The number of carboxylic acids is 1. The van der Waals surface area contributed by atoms with Gasteiger partial charge < -0.3 is 24.2 Å². The molecule has 1 unspecified atom stereocenters. The number of amides is 1. The van der Waals surface area contributed by atoms with Crippen LogP contribution in [0.25, 0.3) is 0 Å². The normalized spacial score (nSPS) is 25.3. The Morgan fingerprint density at radius 1 is 1.21 bits per heavy atom. The van der Waals surface area contributed by atoms with Gasteiger partial charge >= 0.3 is 5.97 Å². The molecule has 2 heterocycles. The smallest absolute Gasteiger partial charge is 0.332 e. The van der Waals surface area contributed by atoms with Crippen molar-refractivity contribution in [2.75, 3.05) is 19.7 Å². The maximum Gasteiger partial charge on any atom is 0.332 e. The van der Waals surface area contributed by atoms with E-state index in [0.29, 0.717) is 44.0 Å². The van der Waals surface area contributed by atoms with E-state index in [-0.39, 0.29) is 12.0 Å². The molecule has 0 bridgehead atoms. The number of benzene rings is 1. The van der Waals surface area contributed by atoms with Gasteiger partial charge in [0.25, 0.3) is 5.91 Å². The van der Waals surface area contributed by atoms with E-state index in [9.17, 15) is 9.59 Å². The summed E-state index contributed by atoms with van der Waals surface area (Å²) in [5.41, 5.74) is 0. The van der Waals surface area contributed by atoms with Gasteiger partial charge in [-0.15, -0.1) is 0 Å². The Bertz CT molecular complexity index is 619. The van der Waals surface area contributed by atoms with Crippen LogP contribution >= 0.6 is 0 Å². The van der Waals surface area contributed by atoms with Crippen molar-refractivity contribution in [1.82, 2.24) is 4.90 Å². The van der Waals surface area contributed by atoms with Crippen LogP contribution in [0.4, 0.5) is 0 Å². The molecule has 1 saturated heterocycles. The molecular weight excluding hydrogens is 314 g/mol. The van der Waals surface area contributed by atoms with E-state index >= 15 is 0 Å². The Morgan fingerprint density at radius 2 is 1.92 bits per heavy atom. The van der Waals surface area contributed by atoms with Crippen molar-refractivity contribution in [2.24, 2.45) is 0 Å². The van der Waals surface area contributed by atoms with Crippen LogP contribution in [-0.2, 0) is 14.3 Å². The van der Waals surface area contributed by atoms with Crippen molar-refractivity contribution in [2.45, 2.75) is 38.1 Å². The van der Waals surface area contributed by atoms with Crippen LogP contribution < -0.4 is 9.47 Å². The van der Waals surface area contributed by atoms with E-state index in [1.54, 1.807) is 4.90 Å². The molecule has 0 aliphatic carbocycles. The summed E-state index contributed by atoms with van der Waals surface area (Å²) in [5, 5.41) is 8.98. The lowest BCUT2D eigenvalue weighted by atomic mass is 10.1. The predicted molar refractivity (Wildman–Crippen MR) is 84.1 cm³/mol. The fraction of sp³-hybridized carbons (Fsp3) is 0.529. The minimum atomic E-state index is -1.02. The van der Waals surface area contributed by atoms with Gasteiger partial charge in [0.15, 0.2) is 23.7 Å². The Morgan fingerprint density at radius 3 is 2.58 bits per heavy atom. The second-order valence-electron chi connectivity index (χ2n) is 5.90. The highest BCUT2D eigenvalue weighted by Gasteiger charge is 2.37. The van der Waals surface area contributed by atoms with Crippen molar-refractivity contribution in [3.63, 3.8) is 0 Å². The molecular formula is C17H21NO6. The van der Waals surface area contributed by atoms with E-state index in [1.165, 1.54) is 0 Å². The monoisotopic (exact) mass is 335 g/mol. The molecule has 0 aromatic heterocycles. The third-order valence-corrected chi connectivity index (χ3v) is 4.26. The first-order valence-electron chi connectivity index (χ1n) is 8.14. The minimum absolute atomic E-state index is 0.191. The summed E-state index contributed by atoms with van der Waals surface area (Å²) in [6.07, 6.45) is -1.06. The first kappa shape index (κ1) is 16.6. The molecule has 1 fully saturated rings. The molecule has 1 N–H and O–H groups in total. The van der Waals surface area contributed by atoms with Crippen LogP contribution in [0.1, 0.15) is 19.8 Å². The van der Waals surface area contributed by atoms with Gasteiger partial charge in [-0.25, -0.2) is 4.79 Å². The number of rotatable bonds is 5. The summed E-state index contributed by atoms with van der Waals surface area (Å²) in [7, 11) is 0. The summed E-state index contributed by atoms with van der Waals surface area (Å²) < 4.78 is 16.9. The summed E-state index contributed by atoms with van der Waals surface area (Å²) in [6.45, 7) is 3.11. The number of para-hydroxylation sites is 2. The lowest BCUT2D eigenvalue weighted by Crippen LogP contribution is -2.47. The predicted octanol–water partition coefficient (Wildman–Crippen LogP) is 1.31. The quantitative estimate of drug-likeness (QED) is 0.873. The van der Waals surface area contributed by atoms with Gasteiger partial charge in [-0.05, 0) is 31.9 Å². The van der Waals surface area contributed by atoms with E-state index in [4.69, 9.17) is 19.3 Å². The molecule has 130 valence electrons. The lowest BCUT2D eigenvalue weighted by Gasteiger charge is -2.31. The van der Waals surface area contributed by atoms with Crippen molar-refractivity contribution in [3.05, 3.63) is 24.3 Å². The minimum Gasteiger partial charge on any atom is -0.486 e. The third-order valence-electron chi connectivity index (χ3n) is 4.26. The first-order chi connectivity index (χ1) is 11.6. The standard InChI is InChI=1S/C17H21NO6/c1-2-18(16(19)14-7-8-15(24-14)17(20)21)9-11-10-22-12-5-3-4-6-13(12)23-11/h3-6,11,14-15H,2,7-10H2,1H3,(H,20,21)/t11?,14-,15+/m0/s1. The molecule has 3 rings (SSSR count). The van der Waals surface area contributed by atoms with Gasteiger partial charge in [-0.1, -0.05) is 12.1 Å². The maximum atomic E-state index is 12.6. The summed E-state index contributed by atoms with van der Waals surface area (Å²) >= 11 is 0. The Labute approximate surface area is 140 Å². The zero-order valence-corrected chi connectivity index (χ0v) is 13.5. The van der Waals surface area contributed by atoms with Gasteiger partial charge in [0, 0.05) is 6.54 Å². The van der Waals surface area contributed by atoms with Crippen molar-refractivity contribution >= 4 is 11.9 Å². The van der Waals surface area contributed by atoms with E-state index in [0.717, 1.165) is 0 Å². The highest BCUT2D eigenvalue weighted by atomic mass is 16.6. The number of hydrogen-bond acceptors (Lipinski definition) is 5. The molecule has 7 nitrogen and oxygen atoms in total. The molecule has 0 spiro atoms. The van der Waals surface area contributed by atoms with E-state index in [1.807, 2.05) is 31.2 Å². The summed E-state index contributed by atoms with van der Waals surface area (Å²) in [4.78, 5) is 25.2. The number of ether oxygens (including phenoxy) is 3. The van der Waals surface area contributed by atoms with Gasteiger partial charge in [0.2, 0.25) is 0 Å². The van der Waals surface area contributed by atoms with Gasteiger partial charge in [0.1, 0.15) is 12.7 Å². The van der Waals surface area contributed by atoms with Crippen LogP contribution in [0.3, 0.4) is 0 Å². The average molecular weight is 335 g/mol. The molecule has 1 aromatic rings. The van der Waals surface area contributed by atoms with Crippen molar-refractivity contribution in [1.29, 1.82) is 0 Å². The number of hydrogen-bond donors (Lipinski definition) is 1. The first-order valence-corrected chi connectivity index (χ1v) is 8.14. The number of likely N-dealkylation sites (N-methyl/N-ethyl adjacent to an activating group) is 1. The Balaban J connectivity index is 1.59. The second-order valence-corrected chi connectivity index (χ2v) is 5.90. The average Bonchev–Trinajstić information content (AvgIpc) is 3.09. The van der Waals surface area contributed by atoms with Crippen molar-refractivity contribution in [3.8, 4) is 11.5 Å². The molecule has 0 saturated carbocycles. The summed E-state index contributed by atoms with van der Waals surface area (Å²) in [5.74, 6) is 0.157. The van der Waals surface area contributed by atoms with Gasteiger partial charge in [-0.2, -0.15) is 0 Å². The topological polar surface area (TPSA) is 85.3 Å². The fourth-order valence-corrected chi connectivity index (χ4v) is 2.98. The number of carboxylic acid groups (broad SMARTS) is 1. The SMILES string of the molecule is CCN(CC1COc2ccccc2O1)C(=O)[C@@H]1CC[C@H](C(=O)O)O1. The number of aliphatic carboxylic acids is 1. The molecule has 0 radical (unpaired) electrons. The highest BCUT2D eigenvalue weighted by molar-refractivity contribution is 5.82. The second kappa shape index (κ2) is 7.09. The van der Waals surface area contributed by atoms with E-state index < -0.39 is 18.2 Å². The highest BCUT2D eigenvalue weighted by Crippen LogP contribution is 2.31. The zero-order chi connectivity index (χ0) is 17.1. The fourth-order valence-electron chi connectivity index (χ4n) is 2.98. The molecule has 2 aliphatic rings. The maximum absolute atomic E-state index is 12.6. The lowest BCUT2D eigenvalue weighted by molar-refractivity contribution is -0.155. The Hall–Kier alpha value is -2.28. The molecule has 3 atom stereocenters. The van der Waals surface area contributed by atoms with Crippen LogP contribution in [0.2, 0.25) is 0 Å². The van der Waals surface area contributed by atoms with Crippen LogP contribution in [0.5, 0.6) is 11.5 Å². The third kappa shape index (κ3) is 3.46. The van der Waals surface area contributed by atoms with Crippen LogP contribution in [0.15, 0.2) is 24.3 Å². The molecule has 7 heteroatoms. The number of carbonyl (C=O) groups excluding carboxylic acids is 1. The van der Waals surface area contributed by atoms with Crippen LogP contribution in [-0.4, -0.2) is 59.9 Å². The molecule has 1 amide bonds. The van der Waals surface area contributed by atoms with Gasteiger partial charge in [-0.3, -0.25) is 4.79 Å². The van der Waals surface area contributed by atoms with Crippen LogP contribution in [0, 0.1) is 0 Å². The number of nitrogens with zero attached hydrogens (tertiary/aromatic N) is 1.